The summed E-state index contributed by atoms with van der Waals surface area (Å²) in [6, 6.07) is 16.3. The first kappa shape index (κ1) is 18.8. The average molecular weight is 436 g/mol. The number of nitrogens with zero attached hydrogens (tertiary/aromatic N) is 2. The van der Waals surface area contributed by atoms with Gasteiger partial charge in [0, 0.05) is 39.9 Å². The lowest BCUT2D eigenvalue weighted by molar-refractivity contribution is -0.384. The van der Waals surface area contributed by atoms with Crippen LogP contribution >= 0.6 is 0 Å². The van der Waals surface area contributed by atoms with Crippen molar-refractivity contribution in [3.05, 3.63) is 98.4 Å². The van der Waals surface area contributed by atoms with Gasteiger partial charge in [-0.2, -0.15) is 5.26 Å². The molecule has 3 N–H and O–H groups in total. The highest BCUT2D eigenvalue weighted by Crippen LogP contribution is 2.56. The Labute approximate surface area is 185 Å². The van der Waals surface area contributed by atoms with Crippen LogP contribution in [0.3, 0.4) is 0 Å². The normalized spacial score (nSPS) is 20.3. The van der Waals surface area contributed by atoms with Gasteiger partial charge in [0.1, 0.15) is 22.8 Å². The molecular formula is C24H12N4O5. The van der Waals surface area contributed by atoms with E-state index < -0.39 is 22.0 Å². The van der Waals surface area contributed by atoms with E-state index in [9.17, 15) is 25.0 Å². The number of nitro groups is 1. The van der Waals surface area contributed by atoms with Gasteiger partial charge < -0.3 is 15.8 Å². The van der Waals surface area contributed by atoms with Crippen molar-refractivity contribution < 1.29 is 19.2 Å². The summed E-state index contributed by atoms with van der Waals surface area (Å²) in [6.45, 7) is 0. The Bertz CT molecular complexity index is 1610. The highest BCUT2D eigenvalue weighted by Gasteiger charge is 2.61. The molecule has 9 heteroatoms. The minimum Gasteiger partial charge on any atom is -0.439 e. The molecule has 3 aromatic rings. The molecule has 9 nitrogen and oxygen atoms in total. The lowest BCUT2D eigenvalue weighted by Crippen LogP contribution is -2.46. The molecule has 0 saturated carbocycles. The lowest BCUT2D eigenvalue weighted by atomic mass is 9.64. The van der Waals surface area contributed by atoms with Gasteiger partial charge in [-0.25, -0.2) is 0 Å². The van der Waals surface area contributed by atoms with E-state index in [2.05, 4.69) is 5.32 Å². The Kier molecular flexibility index (Phi) is 3.44. The molecule has 0 bridgehead atoms. The quantitative estimate of drug-likeness (QED) is 0.439. The van der Waals surface area contributed by atoms with Crippen molar-refractivity contribution in [3.8, 4) is 6.07 Å². The number of ether oxygens (including phenoxy) is 1. The number of nitro benzene ring substituents is 1. The number of carbonyl (C=O) groups excluding carboxylic acids is 2. The highest BCUT2D eigenvalue weighted by molar-refractivity contribution is 6.31. The first-order valence-corrected chi connectivity index (χ1v) is 9.89. The fourth-order valence-corrected chi connectivity index (χ4v) is 5.05. The van der Waals surface area contributed by atoms with E-state index in [1.165, 1.54) is 18.2 Å². The fraction of sp³-hybridized carbons (Fsp3) is 0.0417. The Morgan fingerprint density at radius 3 is 2.52 bits per heavy atom. The molecule has 1 atom stereocenters. The molecule has 158 valence electrons. The van der Waals surface area contributed by atoms with Crippen LogP contribution in [0.5, 0.6) is 0 Å². The summed E-state index contributed by atoms with van der Waals surface area (Å²) in [5.74, 6) is -1.48. The molecule has 2 aliphatic heterocycles. The average Bonchev–Trinajstić information content (AvgIpc) is 3.08. The van der Waals surface area contributed by atoms with Crippen molar-refractivity contribution in [1.29, 1.82) is 5.26 Å². The molecule has 2 heterocycles. The van der Waals surface area contributed by atoms with Crippen molar-refractivity contribution in [2.24, 2.45) is 5.73 Å². The number of non-ortho nitro benzene ring substituents is 1. The number of amides is 1. The van der Waals surface area contributed by atoms with E-state index in [4.69, 9.17) is 10.5 Å². The zero-order valence-corrected chi connectivity index (χ0v) is 16.7. The van der Waals surface area contributed by atoms with Crippen molar-refractivity contribution in [3.63, 3.8) is 0 Å². The van der Waals surface area contributed by atoms with Gasteiger partial charge in [-0.1, -0.05) is 36.4 Å². The van der Waals surface area contributed by atoms with Crippen LogP contribution in [0.15, 0.2) is 71.6 Å². The topological polar surface area (TPSA) is 148 Å². The number of nitriles is 1. The minimum absolute atomic E-state index is 0.0651. The molecule has 3 aromatic carbocycles. The number of Topliss-reactive ketones (excluding diaryl/α,β-unsaturated/α-hetero) is 1. The van der Waals surface area contributed by atoms with Gasteiger partial charge >= 0.3 is 0 Å². The van der Waals surface area contributed by atoms with Crippen molar-refractivity contribution in [1.82, 2.24) is 0 Å². The highest BCUT2D eigenvalue weighted by atomic mass is 16.6. The summed E-state index contributed by atoms with van der Waals surface area (Å²) in [4.78, 5) is 38.4. The maximum absolute atomic E-state index is 13.9. The third-order valence-electron chi connectivity index (χ3n) is 6.38. The van der Waals surface area contributed by atoms with Crippen LogP contribution in [0.1, 0.15) is 21.5 Å². The number of rotatable bonds is 1. The van der Waals surface area contributed by atoms with Crippen LogP contribution in [0.25, 0.3) is 16.5 Å². The molecule has 3 aliphatic rings. The van der Waals surface area contributed by atoms with E-state index >= 15 is 0 Å². The number of nitrogens with one attached hydrogen (secondary N) is 1. The zero-order chi connectivity index (χ0) is 23.1. The van der Waals surface area contributed by atoms with Crippen LogP contribution in [-0.2, 0) is 14.9 Å². The van der Waals surface area contributed by atoms with E-state index in [0.717, 1.165) is 5.39 Å². The van der Waals surface area contributed by atoms with Crippen LogP contribution in [0.4, 0.5) is 11.4 Å². The number of fused-ring (bicyclic) bond motifs is 4. The Balaban J connectivity index is 1.79. The summed E-state index contributed by atoms with van der Waals surface area (Å²) in [6.07, 6.45) is 0. The second-order valence-corrected chi connectivity index (χ2v) is 7.89. The molecule has 0 saturated heterocycles. The molecule has 1 spiro atoms. The largest absolute Gasteiger partial charge is 0.439 e. The van der Waals surface area contributed by atoms with Gasteiger partial charge in [-0.3, -0.25) is 19.7 Å². The van der Waals surface area contributed by atoms with Crippen LogP contribution < -0.4 is 11.1 Å². The molecule has 33 heavy (non-hydrogen) atoms. The van der Waals surface area contributed by atoms with Crippen LogP contribution in [0, 0.1) is 21.4 Å². The molecule has 1 amide bonds. The number of nitrogens with two attached hydrogens (primary N) is 1. The maximum atomic E-state index is 13.9. The van der Waals surface area contributed by atoms with Gasteiger partial charge in [0.25, 0.3) is 5.69 Å². The van der Waals surface area contributed by atoms with E-state index in [1.54, 1.807) is 24.3 Å². The van der Waals surface area contributed by atoms with Gasteiger partial charge in [0.05, 0.1) is 10.5 Å². The molecule has 1 unspecified atom stereocenters. The second-order valence-electron chi connectivity index (χ2n) is 7.89. The predicted molar refractivity (Wildman–Crippen MR) is 117 cm³/mol. The predicted octanol–water partition coefficient (Wildman–Crippen LogP) is 3.27. The van der Waals surface area contributed by atoms with Crippen molar-refractivity contribution in [2.45, 2.75) is 5.41 Å². The van der Waals surface area contributed by atoms with Gasteiger partial charge in [0.15, 0.2) is 5.78 Å². The summed E-state index contributed by atoms with van der Waals surface area (Å²) in [5.41, 5.74) is 4.73. The Morgan fingerprint density at radius 1 is 1.09 bits per heavy atom. The number of benzene rings is 3. The molecule has 0 radical (unpaired) electrons. The Morgan fingerprint density at radius 2 is 1.82 bits per heavy atom. The number of hydrogen-bond donors (Lipinski definition) is 2. The van der Waals surface area contributed by atoms with Crippen molar-refractivity contribution >= 4 is 39.6 Å². The van der Waals surface area contributed by atoms with Gasteiger partial charge in [-0.15, -0.1) is 0 Å². The third kappa shape index (κ3) is 2.09. The van der Waals surface area contributed by atoms with Crippen LogP contribution in [-0.4, -0.2) is 16.6 Å². The fourth-order valence-electron chi connectivity index (χ4n) is 5.05. The zero-order valence-electron chi connectivity index (χ0n) is 16.7. The molecule has 0 fully saturated rings. The molecule has 0 aromatic heterocycles. The summed E-state index contributed by atoms with van der Waals surface area (Å²) in [7, 11) is 0. The van der Waals surface area contributed by atoms with Crippen molar-refractivity contribution in [2.75, 3.05) is 5.32 Å². The van der Waals surface area contributed by atoms with Gasteiger partial charge in [0.2, 0.25) is 11.8 Å². The van der Waals surface area contributed by atoms with Gasteiger partial charge in [-0.05, 0) is 11.5 Å². The van der Waals surface area contributed by atoms with E-state index in [0.29, 0.717) is 16.5 Å². The number of anilines is 1. The maximum Gasteiger partial charge on any atom is 0.269 e. The summed E-state index contributed by atoms with van der Waals surface area (Å²) >= 11 is 0. The lowest BCUT2D eigenvalue weighted by Gasteiger charge is -2.37. The number of carbonyl (C=O) groups is 2. The summed E-state index contributed by atoms with van der Waals surface area (Å²) in [5, 5.41) is 25.6. The third-order valence-corrected chi connectivity index (χ3v) is 6.38. The Hall–Kier alpha value is -4.97. The molecular weight excluding hydrogens is 424 g/mol. The number of ketones is 1. The second kappa shape index (κ2) is 6.05. The van der Waals surface area contributed by atoms with E-state index in [-0.39, 0.29) is 39.7 Å². The van der Waals surface area contributed by atoms with Crippen LogP contribution in [0.2, 0.25) is 0 Å². The molecule has 6 rings (SSSR count). The first-order valence-electron chi connectivity index (χ1n) is 9.89. The summed E-state index contributed by atoms with van der Waals surface area (Å²) < 4.78 is 5.82. The standard InChI is InChI=1S/C24H12N4O5/c25-10-16-22(26)33-21-14-6-2-4-11-3-1-5-13(18(11)14)20(29)19(21)24(16)15-9-12(28(31)32)7-8-17(15)27-23(24)30/h1-9H,26H2,(H,27,30). The first-order chi connectivity index (χ1) is 15.9. The SMILES string of the molecule is N#CC1=C(N)OC2=C(C(=O)c3cccc4cccc2c34)C12C(=O)Nc1ccc([N+](=O)[O-])cc12. The van der Waals surface area contributed by atoms with E-state index in [1.807, 2.05) is 18.2 Å². The monoisotopic (exact) mass is 436 g/mol. The molecule has 1 aliphatic carbocycles. The smallest absolute Gasteiger partial charge is 0.269 e. The minimum atomic E-state index is -1.99. The number of hydrogen-bond acceptors (Lipinski definition) is 7.